The second kappa shape index (κ2) is 4.04. The number of nitrogens with one attached hydrogen (secondary N) is 1. The smallest absolute Gasteiger partial charge is 0.0312 e. The van der Waals surface area contributed by atoms with Crippen LogP contribution in [0.1, 0.15) is 27.7 Å². The van der Waals surface area contributed by atoms with Gasteiger partial charge in [0, 0.05) is 5.71 Å². The molecule has 0 rings (SSSR count). The summed E-state index contributed by atoms with van der Waals surface area (Å²) in [6.07, 6.45) is 3.99. The second-order valence-electron chi connectivity index (χ2n) is 2.72. The second-order valence-corrected chi connectivity index (χ2v) is 2.72. The first-order valence-corrected chi connectivity index (χ1v) is 3.41. The van der Waals surface area contributed by atoms with Gasteiger partial charge in [0.15, 0.2) is 0 Å². The van der Waals surface area contributed by atoms with Gasteiger partial charge in [-0.25, -0.2) is 0 Å². The van der Waals surface area contributed by atoms with Crippen molar-refractivity contribution in [1.29, 1.82) is 5.41 Å². The van der Waals surface area contributed by atoms with E-state index >= 15 is 0 Å². The first-order chi connectivity index (χ1) is 4.54. The minimum atomic E-state index is 0.637. The quantitative estimate of drug-likeness (QED) is 0.447. The van der Waals surface area contributed by atoms with E-state index in [9.17, 15) is 0 Å². The highest BCUT2D eigenvalue weighted by Crippen LogP contribution is 1.97. The van der Waals surface area contributed by atoms with Crippen LogP contribution in [-0.4, -0.2) is 5.71 Å². The van der Waals surface area contributed by atoms with Crippen LogP contribution in [0.5, 0.6) is 0 Å². The summed E-state index contributed by atoms with van der Waals surface area (Å²) in [5, 5.41) is 7.25. The molecule has 0 aliphatic carbocycles. The highest BCUT2D eigenvalue weighted by Gasteiger charge is 1.86. The van der Waals surface area contributed by atoms with Gasteiger partial charge >= 0.3 is 0 Å². The van der Waals surface area contributed by atoms with Crippen LogP contribution in [0, 0.1) is 5.41 Å². The Morgan fingerprint density at radius 2 is 1.50 bits per heavy atom. The molecule has 0 spiro atoms. The molecule has 1 heteroatoms. The highest BCUT2D eigenvalue weighted by molar-refractivity contribution is 5.95. The van der Waals surface area contributed by atoms with Gasteiger partial charge in [0.2, 0.25) is 0 Å². The molecule has 0 aliphatic rings. The standard InChI is InChI=1S/C9H15N/c1-7(2)5-6-8(3)9(4)10/h5-6,10H,1-4H3/b8-6+,10-9?. The van der Waals surface area contributed by atoms with E-state index in [4.69, 9.17) is 5.41 Å². The highest BCUT2D eigenvalue weighted by atomic mass is 14.4. The Hall–Kier alpha value is -0.850. The van der Waals surface area contributed by atoms with E-state index in [0.717, 1.165) is 5.57 Å². The Morgan fingerprint density at radius 3 is 1.80 bits per heavy atom. The van der Waals surface area contributed by atoms with Crippen LogP contribution >= 0.6 is 0 Å². The number of rotatable bonds is 2. The van der Waals surface area contributed by atoms with Crippen molar-refractivity contribution in [2.24, 2.45) is 0 Å². The molecule has 0 aromatic rings. The average Bonchev–Trinajstić information content (AvgIpc) is 1.82. The fourth-order valence-corrected chi connectivity index (χ4v) is 0.417. The minimum Gasteiger partial charge on any atom is -0.305 e. The summed E-state index contributed by atoms with van der Waals surface area (Å²) in [6.45, 7) is 7.83. The third-order valence-electron chi connectivity index (χ3n) is 1.26. The Balaban J connectivity index is 4.19. The predicted molar refractivity (Wildman–Crippen MR) is 46.6 cm³/mol. The Kier molecular flexibility index (Phi) is 3.70. The molecule has 0 saturated carbocycles. The van der Waals surface area contributed by atoms with Gasteiger partial charge in [-0.3, -0.25) is 0 Å². The first-order valence-electron chi connectivity index (χ1n) is 3.41. The van der Waals surface area contributed by atoms with E-state index < -0.39 is 0 Å². The summed E-state index contributed by atoms with van der Waals surface area (Å²) in [5.41, 5.74) is 2.93. The summed E-state index contributed by atoms with van der Waals surface area (Å²) < 4.78 is 0. The predicted octanol–water partition coefficient (Wildman–Crippen LogP) is 2.94. The largest absolute Gasteiger partial charge is 0.305 e. The van der Waals surface area contributed by atoms with Crippen LogP contribution < -0.4 is 0 Å². The van der Waals surface area contributed by atoms with Crippen LogP contribution in [0.4, 0.5) is 0 Å². The summed E-state index contributed by atoms with van der Waals surface area (Å²) >= 11 is 0. The molecule has 1 nitrogen and oxygen atoms in total. The van der Waals surface area contributed by atoms with Crippen LogP contribution in [0.2, 0.25) is 0 Å². The molecule has 0 heterocycles. The molecule has 0 bridgehead atoms. The van der Waals surface area contributed by atoms with Crippen LogP contribution in [0.15, 0.2) is 23.3 Å². The summed E-state index contributed by atoms with van der Waals surface area (Å²) in [5.74, 6) is 0. The molecule has 0 aliphatic heterocycles. The molecule has 0 amide bonds. The number of hydrogen-bond acceptors (Lipinski definition) is 1. The zero-order chi connectivity index (χ0) is 8.15. The lowest BCUT2D eigenvalue weighted by atomic mass is 10.2. The molecule has 0 saturated heterocycles. The van der Waals surface area contributed by atoms with Crippen molar-refractivity contribution in [3.8, 4) is 0 Å². The summed E-state index contributed by atoms with van der Waals surface area (Å²) in [4.78, 5) is 0. The SMILES string of the molecule is CC(=N)/C(C)=C/C=C(C)C. The van der Waals surface area contributed by atoms with Crippen molar-refractivity contribution < 1.29 is 0 Å². The van der Waals surface area contributed by atoms with E-state index in [2.05, 4.69) is 0 Å². The van der Waals surface area contributed by atoms with Gasteiger partial charge in [0.05, 0.1) is 0 Å². The molecule has 0 aromatic carbocycles. The van der Waals surface area contributed by atoms with Gasteiger partial charge in [-0.1, -0.05) is 17.7 Å². The van der Waals surface area contributed by atoms with Gasteiger partial charge in [-0.2, -0.15) is 0 Å². The number of hydrogen-bond donors (Lipinski definition) is 1. The fourth-order valence-electron chi connectivity index (χ4n) is 0.417. The fraction of sp³-hybridized carbons (Fsp3) is 0.444. The van der Waals surface area contributed by atoms with Crippen molar-refractivity contribution in [2.75, 3.05) is 0 Å². The monoisotopic (exact) mass is 137 g/mol. The molecule has 1 N–H and O–H groups in total. The maximum Gasteiger partial charge on any atom is 0.0312 e. The van der Waals surface area contributed by atoms with Gasteiger partial charge in [0.25, 0.3) is 0 Å². The van der Waals surface area contributed by atoms with E-state index in [1.165, 1.54) is 5.57 Å². The molecular weight excluding hydrogens is 122 g/mol. The Morgan fingerprint density at radius 1 is 1.00 bits per heavy atom. The lowest BCUT2D eigenvalue weighted by molar-refractivity contribution is 1.37. The minimum absolute atomic E-state index is 0.637. The van der Waals surface area contributed by atoms with Gasteiger partial charge in [0.1, 0.15) is 0 Å². The third-order valence-corrected chi connectivity index (χ3v) is 1.26. The van der Waals surface area contributed by atoms with E-state index in [-0.39, 0.29) is 0 Å². The summed E-state index contributed by atoms with van der Waals surface area (Å²) in [6, 6.07) is 0. The molecule has 0 unspecified atom stereocenters. The van der Waals surface area contributed by atoms with E-state index in [1.54, 1.807) is 6.92 Å². The molecule has 56 valence electrons. The van der Waals surface area contributed by atoms with Gasteiger partial charge < -0.3 is 5.41 Å². The molecular formula is C9H15N. The first kappa shape index (κ1) is 9.15. The molecule has 0 fully saturated rings. The maximum absolute atomic E-state index is 7.25. The molecule has 10 heavy (non-hydrogen) atoms. The van der Waals surface area contributed by atoms with Crippen molar-refractivity contribution in [3.05, 3.63) is 23.3 Å². The average molecular weight is 137 g/mol. The maximum atomic E-state index is 7.25. The van der Waals surface area contributed by atoms with Crippen molar-refractivity contribution in [1.82, 2.24) is 0 Å². The Labute approximate surface area is 63.0 Å². The van der Waals surface area contributed by atoms with Gasteiger partial charge in [-0.15, -0.1) is 0 Å². The lowest BCUT2D eigenvalue weighted by Crippen LogP contribution is -1.88. The van der Waals surface area contributed by atoms with Crippen LogP contribution in [0.3, 0.4) is 0 Å². The molecule has 0 aromatic heterocycles. The Bertz CT molecular complexity index is 181. The van der Waals surface area contributed by atoms with E-state index in [0.29, 0.717) is 5.71 Å². The topological polar surface area (TPSA) is 23.9 Å². The number of allylic oxidation sites excluding steroid dienone is 4. The van der Waals surface area contributed by atoms with Crippen molar-refractivity contribution in [3.63, 3.8) is 0 Å². The lowest BCUT2D eigenvalue weighted by Gasteiger charge is -1.92. The zero-order valence-electron chi connectivity index (χ0n) is 7.15. The zero-order valence-corrected chi connectivity index (χ0v) is 7.15. The molecule has 0 atom stereocenters. The van der Waals surface area contributed by atoms with Crippen LogP contribution in [-0.2, 0) is 0 Å². The van der Waals surface area contributed by atoms with E-state index in [1.807, 2.05) is 32.9 Å². The van der Waals surface area contributed by atoms with Crippen molar-refractivity contribution in [2.45, 2.75) is 27.7 Å². The normalized spacial score (nSPS) is 11.0. The van der Waals surface area contributed by atoms with Gasteiger partial charge in [-0.05, 0) is 33.3 Å². The van der Waals surface area contributed by atoms with Crippen molar-refractivity contribution >= 4 is 5.71 Å². The third kappa shape index (κ3) is 4.07. The summed E-state index contributed by atoms with van der Waals surface area (Å²) in [7, 11) is 0. The molecule has 0 radical (unpaired) electrons. The van der Waals surface area contributed by atoms with Crippen LogP contribution in [0.25, 0.3) is 0 Å².